The standard InChI is InChI=1S/C30H25ClN2O2/c1-3-25(19(2)34)23-10-7-11-24(16-23)35-30-32-28-17-26(27(31)18-29(28)33-30)22-14-12-21(13-15-22)20-8-5-4-6-9-20/h4-18,25H,3H2,1-2H3,(H,32,33). The van der Waals surface area contributed by atoms with Crippen molar-refractivity contribution in [2.45, 2.75) is 26.2 Å². The van der Waals surface area contributed by atoms with E-state index in [1.165, 1.54) is 5.56 Å². The van der Waals surface area contributed by atoms with Crippen molar-refractivity contribution in [1.29, 1.82) is 0 Å². The molecule has 0 saturated heterocycles. The molecule has 0 bridgehead atoms. The summed E-state index contributed by atoms with van der Waals surface area (Å²) in [5, 5.41) is 0.634. The number of hydrogen-bond acceptors (Lipinski definition) is 3. The molecule has 1 unspecified atom stereocenters. The maximum absolute atomic E-state index is 12.0. The van der Waals surface area contributed by atoms with Crippen LogP contribution in [0.1, 0.15) is 31.7 Å². The van der Waals surface area contributed by atoms with Gasteiger partial charge in [0.15, 0.2) is 0 Å². The molecule has 0 saturated carbocycles. The largest absolute Gasteiger partial charge is 0.426 e. The minimum atomic E-state index is -0.135. The van der Waals surface area contributed by atoms with Crippen LogP contribution in [0.3, 0.4) is 0 Å². The van der Waals surface area contributed by atoms with E-state index in [4.69, 9.17) is 16.3 Å². The van der Waals surface area contributed by atoms with Crippen molar-refractivity contribution >= 4 is 28.4 Å². The van der Waals surface area contributed by atoms with E-state index < -0.39 is 0 Å². The molecule has 5 aromatic rings. The average Bonchev–Trinajstić information content (AvgIpc) is 3.25. The number of nitrogens with one attached hydrogen (secondary N) is 1. The van der Waals surface area contributed by atoms with Crippen molar-refractivity contribution in [3.8, 4) is 34.0 Å². The Morgan fingerprint density at radius 3 is 2.34 bits per heavy atom. The number of aromatic amines is 1. The Balaban J connectivity index is 1.42. The molecule has 1 aromatic heterocycles. The number of rotatable bonds is 7. The van der Waals surface area contributed by atoms with Gasteiger partial charge in [0, 0.05) is 11.5 Å². The molecule has 1 heterocycles. The van der Waals surface area contributed by atoms with Crippen molar-refractivity contribution < 1.29 is 9.53 Å². The number of H-pyrrole nitrogens is 1. The van der Waals surface area contributed by atoms with E-state index in [1.54, 1.807) is 6.92 Å². The van der Waals surface area contributed by atoms with Crippen LogP contribution < -0.4 is 4.74 Å². The molecular formula is C30H25ClN2O2. The van der Waals surface area contributed by atoms with Gasteiger partial charge in [-0.2, -0.15) is 4.98 Å². The lowest BCUT2D eigenvalue weighted by atomic mass is 9.93. The lowest BCUT2D eigenvalue weighted by Gasteiger charge is -2.12. The van der Waals surface area contributed by atoms with Crippen LogP contribution in [0.15, 0.2) is 91.0 Å². The number of imidazole rings is 1. The summed E-state index contributed by atoms with van der Waals surface area (Å²) >= 11 is 6.64. The van der Waals surface area contributed by atoms with Crippen LogP contribution in [-0.4, -0.2) is 15.8 Å². The lowest BCUT2D eigenvalue weighted by Crippen LogP contribution is -2.07. The number of aromatic nitrogens is 2. The van der Waals surface area contributed by atoms with Gasteiger partial charge in [-0.3, -0.25) is 4.79 Å². The molecule has 4 nitrogen and oxygen atoms in total. The van der Waals surface area contributed by atoms with Gasteiger partial charge in [-0.1, -0.05) is 85.3 Å². The molecule has 0 aliphatic rings. The Hall–Kier alpha value is -3.89. The van der Waals surface area contributed by atoms with Crippen LogP contribution in [0.25, 0.3) is 33.3 Å². The van der Waals surface area contributed by atoms with Gasteiger partial charge < -0.3 is 9.72 Å². The third kappa shape index (κ3) is 4.84. The van der Waals surface area contributed by atoms with Gasteiger partial charge in [0.2, 0.25) is 0 Å². The Kier molecular flexibility index (Phi) is 6.39. The smallest absolute Gasteiger partial charge is 0.300 e. The van der Waals surface area contributed by atoms with Crippen LogP contribution in [0.2, 0.25) is 5.02 Å². The first-order valence-corrected chi connectivity index (χ1v) is 12.0. The summed E-state index contributed by atoms with van der Waals surface area (Å²) in [5.74, 6) is 0.639. The summed E-state index contributed by atoms with van der Waals surface area (Å²) in [6.07, 6.45) is 0.747. The van der Waals surface area contributed by atoms with Crippen LogP contribution in [0.5, 0.6) is 11.8 Å². The lowest BCUT2D eigenvalue weighted by molar-refractivity contribution is -0.118. The van der Waals surface area contributed by atoms with Crippen molar-refractivity contribution in [3.63, 3.8) is 0 Å². The molecule has 0 fully saturated rings. The molecule has 0 amide bonds. The summed E-state index contributed by atoms with van der Waals surface area (Å²) in [5.41, 5.74) is 6.75. The van der Waals surface area contributed by atoms with Crippen molar-refractivity contribution in [3.05, 3.63) is 102 Å². The number of hydrogen-bond donors (Lipinski definition) is 1. The molecule has 4 aromatic carbocycles. The number of ether oxygens (including phenoxy) is 1. The van der Waals surface area contributed by atoms with Crippen LogP contribution in [0, 0.1) is 0 Å². The first-order chi connectivity index (χ1) is 17.0. The van der Waals surface area contributed by atoms with E-state index in [0.29, 0.717) is 16.8 Å². The molecular weight excluding hydrogens is 456 g/mol. The molecule has 0 aliphatic heterocycles. The zero-order valence-corrected chi connectivity index (χ0v) is 20.3. The van der Waals surface area contributed by atoms with Gasteiger partial charge in [0.05, 0.1) is 16.1 Å². The minimum Gasteiger partial charge on any atom is -0.426 e. The quantitative estimate of drug-likeness (QED) is 0.254. The maximum Gasteiger partial charge on any atom is 0.300 e. The van der Waals surface area contributed by atoms with Crippen LogP contribution >= 0.6 is 11.6 Å². The van der Waals surface area contributed by atoms with E-state index >= 15 is 0 Å². The Morgan fingerprint density at radius 1 is 0.914 bits per heavy atom. The number of carbonyl (C=O) groups is 1. The summed E-state index contributed by atoms with van der Waals surface area (Å²) in [6.45, 7) is 3.63. The summed E-state index contributed by atoms with van der Waals surface area (Å²) < 4.78 is 6.01. The highest BCUT2D eigenvalue weighted by Crippen LogP contribution is 2.34. The molecule has 1 atom stereocenters. The van der Waals surface area contributed by atoms with Crippen LogP contribution in [-0.2, 0) is 4.79 Å². The fourth-order valence-electron chi connectivity index (χ4n) is 4.41. The number of halogens is 1. The van der Waals surface area contributed by atoms with E-state index in [2.05, 4.69) is 46.4 Å². The van der Waals surface area contributed by atoms with Crippen molar-refractivity contribution in [1.82, 2.24) is 9.97 Å². The second-order valence-electron chi connectivity index (χ2n) is 8.58. The predicted molar refractivity (Wildman–Crippen MR) is 142 cm³/mol. The van der Waals surface area contributed by atoms with Gasteiger partial charge in [0.25, 0.3) is 6.01 Å². The highest BCUT2D eigenvalue weighted by Gasteiger charge is 2.16. The van der Waals surface area contributed by atoms with E-state index in [0.717, 1.165) is 39.7 Å². The summed E-state index contributed by atoms with van der Waals surface area (Å²) in [4.78, 5) is 19.8. The number of nitrogens with zero attached hydrogens (tertiary/aromatic N) is 1. The molecule has 0 radical (unpaired) electrons. The van der Waals surface area contributed by atoms with E-state index in [-0.39, 0.29) is 11.7 Å². The molecule has 5 heteroatoms. The highest BCUT2D eigenvalue weighted by atomic mass is 35.5. The number of Topliss-reactive ketones (excluding diaryl/α,β-unsaturated/α-hetero) is 1. The van der Waals surface area contributed by atoms with Gasteiger partial charge in [-0.25, -0.2) is 0 Å². The van der Waals surface area contributed by atoms with Crippen LogP contribution in [0.4, 0.5) is 0 Å². The Morgan fingerprint density at radius 2 is 1.63 bits per heavy atom. The van der Waals surface area contributed by atoms with Gasteiger partial charge >= 0.3 is 0 Å². The van der Waals surface area contributed by atoms with E-state index in [1.807, 2.05) is 61.5 Å². The SMILES string of the molecule is CCC(C(C)=O)c1cccc(Oc2nc3cc(-c4ccc(-c5ccccc5)cc4)c(Cl)cc3[nH]2)c1. The Bertz CT molecular complexity index is 1490. The fourth-order valence-corrected chi connectivity index (χ4v) is 4.69. The molecule has 0 aliphatic carbocycles. The number of carbonyl (C=O) groups excluding carboxylic acids is 1. The second-order valence-corrected chi connectivity index (χ2v) is 8.99. The number of ketones is 1. The van der Waals surface area contributed by atoms with Crippen molar-refractivity contribution in [2.24, 2.45) is 0 Å². The third-order valence-electron chi connectivity index (χ3n) is 6.23. The monoisotopic (exact) mass is 480 g/mol. The second kappa shape index (κ2) is 9.77. The average molecular weight is 481 g/mol. The number of benzene rings is 4. The molecule has 5 rings (SSSR count). The zero-order chi connectivity index (χ0) is 24.4. The first kappa shape index (κ1) is 22.9. The Labute approximate surface area is 209 Å². The predicted octanol–water partition coefficient (Wildman–Crippen LogP) is 8.43. The fraction of sp³-hybridized carbons (Fsp3) is 0.133. The minimum absolute atomic E-state index is 0.135. The summed E-state index contributed by atoms with van der Waals surface area (Å²) in [7, 11) is 0. The molecule has 35 heavy (non-hydrogen) atoms. The highest BCUT2D eigenvalue weighted by molar-refractivity contribution is 6.34. The maximum atomic E-state index is 12.0. The zero-order valence-electron chi connectivity index (χ0n) is 19.6. The van der Waals surface area contributed by atoms with Gasteiger partial charge in [-0.05, 0) is 59.9 Å². The van der Waals surface area contributed by atoms with Crippen molar-refractivity contribution in [2.75, 3.05) is 0 Å². The molecule has 174 valence electrons. The summed E-state index contributed by atoms with van der Waals surface area (Å²) in [6, 6.07) is 30.4. The normalized spacial score (nSPS) is 12.0. The van der Waals surface area contributed by atoms with Gasteiger partial charge in [0.1, 0.15) is 11.5 Å². The molecule has 0 spiro atoms. The third-order valence-corrected chi connectivity index (χ3v) is 6.54. The van der Waals surface area contributed by atoms with Gasteiger partial charge in [-0.15, -0.1) is 0 Å². The number of fused-ring (bicyclic) bond motifs is 1. The topological polar surface area (TPSA) is 55.0 Å². The van der Waals surface area contributed by atoms with E-state index in [9.17, 15) is 4.79 Å². The molecule has 1 N–H and O–H groups in total. The first-order valence-electron chi connectivity index (χ1n) is 11.6.